The number of rotatable bonds is 3. The second kappa shape index (κ2) is 5.30. The van der Waals surface area contributed by atoms with Gasteiger partial charge in [0, 0.05) is 11.7 Å². The van der Waals surface area contributed by atoms with Crippen LogP contribution in [0.5, 0.6) is 0 Å². The fraction of sp³-hybridized carbons (Fsp3) is 0.429. The number of amides is 2. The SMILES string of the molecule is CC[C@@H](NC(=O)N1c2ccccc2CC1C)C(=O)O. The highest BCUT2D eigenvalue weighted by molar-refractivity contribution is 5.96. The molecule has 2 rings (SSSR count). The maximum Gasteiger partial charge on any atom is 0.326 e. The summed E-state index contributed by atoms with van der Waals surface area (Å²) in [4.78, 5) is 24.9. The second-order valence-electron chi connectivity index (χ2n) is 4.80. The molecule has 1 aliphatic heterocycles. The lowest BCUT2D eigenvalue weighted by Crippen LogP contribution is -2.49. The number of urea groups is 1. The number of aliphatic carboxylic acids is 1. The van der Waals surface area contributed by atoms with Crippen molar-refractivity contribution in [1.82, 2.24) is 5.32 Å². The number of nitrogens with zero attached hydrogens (tertiary/aromatic N) is 1. The third-order valence-electron chi connectivity index (χ3n) is 3.43. The van der Waals surface area contributed by atoms with E-state index in [1.54, 1.807) is 11.8 Å². The minimum Gasteiger partial charge on any atom is -0.480 e. The summed E-state index contributed by atoms with van der Waals surface area (Å²) < 4.78 is 0. The Bertz CT molecular complexity index is 501. The average molecular weight is 262 g/mol. The monoisotopic (exact) mass is 262 g/mol. The summed E-state index contributed by atoms with van der Waals surface area (Å²) in [7, 11) is 0. The Morgan fingerprint density at radius 1 is 1.47 bits per heavy atom. The first-order valence-electron chi connectivity index (χ1n) is 6.45. The van der Waals surface area contributed by atoms with E-state index in [2.05, 4.69) is 5.32 Å². The van der Waals surface area contributed by atoms with Crippen molar-refractivity contribution in [3.8, 4) is 0 Å². The summed E-state index contributed by atoms with van der Waals surface area (Å²) in [6.07, 6.45) is 1.17. The highest BCUT2D eigenvalue weighted by Crippen LogP contribution is 2.31. The van der Waals surface area contributed by atoms with Crippen molar-refractivity contribution in [2.24, 2.45) is 0 Å². The number of carboxylic acid groups (broad SMARTS) is 1. The van der Waals surface area contributed by atoms with Crippen molar-refractivity contribution in [3.05, 3.63) is 29.8 Å². The van der Waals surface area contributed by atoms with Crippen LogP contribution >= 0.6 is 0 Å². The number of hydrogen-bond donors (Lipinski definition) is 2. The highest BCUT2D eigenvalue weighted by Gasteiger charge is 2.32. The normalized spacial score (nSPS) is 18.8. The maximum absolute atomic E-state index is 12.2. The molecule has 0 bridgehead atoms. The molecule has 1 aromatic carbocycles. The molecule has 0 fully saturated rings. The number of anilines is 1. The van der Waals surface area contributed by atoms with E-state index in [0.717, 1.165) is 17.7 Å². The van der Waals surface area contributed by atoms with Gasteiger partial charge in [0.2, 0.25) is 0 Å². The zero-order valence-electron chi connectivity index (χ0n) is 11.1. The number of carbonyl (C=O) groups excluding carboxylic acids is 1. The van der Waals surface area contributed by atoms with E-state index in [1.165, 1.54) is 0 Å². The summed E-state index contributed by atoms with van der Waals surface area (Å²) in [5, 5.41) is 11.6. The number of hydrogen-bond acceptors (Lipinski definition) is 2. The molecule has 2 atom stereocenters. The zero-order chi connectivity index (χ0) is 14.0. The van der Waals surface area contributed by atoms with Crippen LogP contribution in [0.1, 0.15) is 25.8 Å². The number of nitrogens with one attached hydrogen (secondary N) is 1. The van der Waals surface area contributed by atoms with Gasteiger partial charge in [0.15, 0.2) is 0 Å². The molecule has 0 radical (unpaired) electrons. The minimum atomic E-state index is -1.00. The number of carboxylic acids is 1. The topological polar surface area (TPSA) is 69.6 Å². The van der Waals surface area contributed by atoms with Crippen molar-refractivity contribution in [1.29, 1.82) is 0 Å². The largest absolute Gasteiger partial charge is 0.480 e. The summed E-state index contributed by atoms with van der Waals surface area (Å²) in [5.41, 5.74) is 1.99. The summed E-state index contributed by atoms with van der Waals surface area (Å²) >= 11 is 0. The van der Waals surface area contributed by atoms with Gasteiger partial charge in [-0.05, 0) is 31.4 Å². The van der Waals surface area contributed by atoms with Gasteiger partial charge in [-0.1, -0.05) is 25.1 Å². The van der Waals surface area contributed by atoms with Crippen molar-refractivity contribution < 1.29 is 14.7 Å². The van der Waals surface area contributed by atoms with Crippen LogP contribution in [0.2, 0.25) is 0 Å². The average Bonchev–Trinajstić information content (AvgIpc) is 2.71. The van der Waals surface area contributed by atoms with Crippen LogP contribution in [-0.2, 0) is 11.2 Å². The van der Waals surface area contributed by atoms with Crippen LogP contribution in [0.15, 0.2) is 24.3 Å². The van der Waals surface area contributed by atoms with E-state index in [9.17, 15) is 9.59 Å². The van der Waals surface area contributed by atoms with Gasteiger partial charge >= 0.3 is 12.0 Å². The molecule has 0 saturated heterocycles. The van der Waals surface area contributed by atoms with Gasteiger partial charge < -0.3 is 10.4 Å². The first kappa shape index (κ1) is 13.4. The zero-order valence-corrected chi connectivity index (χ0v) is 11.1. The van der Waals surface area contributed by atoms with E-state index in [4.69, 9.17) is 5.11 Å². The van der Waals surface area contributed by atoms with Crippen LogP contribution in [0.3, 0.4) is 0 Å². The molecule has 19 heavy (non-hydrogen) atoms. The number of para-hydroxylation sites is 1. The number of benzene rings is 1. The van der Waals surface area contributed by atoms with Gasteiger partial charge in [-0.15, -0.1) is 0 Å². The predicted molar refractivity (Wildman–Crippen MR) is 72.3 cm³/mol. The van der Waals surface area contributed by atoms with E-state index in [0.29, 0.717) is 6.42 Å². The predicted octanol–water partition coefficient (Wildman–Crippen LogP) is 2.01. The van der Waals surface area contributed by atoms with Crippen molar-refractivity contribution >= 4 is 17.7 Å². The quantitative estimate of drug-likeness (QED) is 0.875. The van der Waals surface area contributed by atoms with Gasteiger partial charge in [-0.3, -0.25) is 4.90 Å². The molecule has 5 heteroatoms. The molecule has 0 aromatic heterocycles. The Morgan fingerprint density at radius 3 is 2.79 bits per heavy atom. The standard InChI is InChI=1S/C14H18N2O3/c1-3-11(13(17)18)15-14(19)16-9(2)8-10-6-4-5-7-12(10)16/h4-7,9,11H,3,8H2,1-2H3,(H,15,19)(H,17,18)/t9?,11-/m1/s1. The van der Waals surface area contributed by atoms with Gasteiger partial charge in [-0.2, -0.15) is 0 Å². The first-order valence-corrected chi connectivity index (χ1v) is 6.45. The molecule has 102 valence electrons. The lowest BCUT2D eigenvalue weighted by molar-refractivity contribution is -0.139. The molecule has 1 heterocycles. The lowest BCUT2D eigenvalue weighted by atomic mass is 10.1. The third kappa shape index (κ3) is 2.54. The summed E-state index contributed by atoms with van der Waals surface area (Å²) in [5.74, 6) is -1.00. The third-order valence-corrected chi connectivity index (χ3v) is 3.43. The number of carbonyl (C=O) groups is 2. The molecule has 1 aromatic rings. The van der Waals surface area contributed by atoms with E-state index >= 15 is 0 Å². The van der Waals surface area contributed by atoms with E-state index in [1.807, 2.05) is 31.2 Å². The van der Waals surface area contributed by atoms with Crippen molar-refractivity contribution in [3.63, 3.8) is 0 Å². The smallest absolute Gasteiger partial charge is 0.326 e. The van der Waals surface area contributed by atoms with Crippen LogP contribution in [0.25, 0.3) is 0 Å². The van der Waals surface area contributed by atoms with Gasteiger partial charge in [0.05, 0.1) is 0 Å². The summed E-state index contributed by atoms with van der Waals surface area (Å²) in [6, 6.07) is 6.57. The highest BCUT2D eigenvalue weighted by atomic mass is 16.4. The maximum atomic E-state index is 12.2. The Hall–Kier alpha value is -2.04. The van der Waals surface area contributed by atoms with Crippen LogP contribution in [0, 0.1) is 0 Å². The molecule has 1 aliphatic rings. The molecule has 0 aliphatic carbocycles. The van der Waals surface area contributed by atoms with E-state index < -0.39 is 12.0 Å². The lowest BCUT2D eigenvalue weighted by Gasteiger charge is -2.25. The summed E-state index contributed by atoms with van der Waals surface area (Å²) in [6.45, 7) is 3.70. The molecule has 1 unspecified atom stereocenters. The van der Waals surface area contributed by atoms with Gasteiger partial charge in [-0.25, -0.2) is 9.59 Å². The Balaban J connectivity index is 2.18. The van der Waals surface area contributed by atoms with Crippen molar-refractivity contribution in [2.75, 3.05) is 4.90 Å². The minimum absolute atomic E-state index is 0.0451. The van der Waals surface area contributed by atoms with Crippen LogP contribution < -0.4 is 10.2 Å². The van der Waals surface area contributed by atoms with Gasteiger partial charge in [0.25, 0.3) is 0 Å². The fourth-order valence-corrected chi connectivity index (χ4v) is 2.43. The number of fused-ring (bicyclic) bond motifs is 1. The van der Waals surface area contributed by atoms with Crippen LogP contribution in [-0.4, -0.2) is 29.2 Å². The molecule has 2 N–H and O–H groups in total. The Labute approximate surface area is 112 Å². The molecule has 5 nitrogen and oxygen atoms in total. The van der Waals surface area contributed by atoms with Crippen molar-refractivity contribution in [2.45, 2.75) is 38.8 Å². The molecule has 0 saturated carbocycles. The van der Waals surface area contributed by atoms with Gasteiger partial charge in [0.1, 0.15) is 6.04 Å². The second-order valence-corrected chi connectivity index (χ2v) is 4.80. The Morgan fingerprint density at radius 2 is 2.16 bits per heavy atom. The van der Waals surface area contributed by atoms with Crippen LogP contribution in [0.4, 0.5) is 10.5 Å². The molecular weight excluding hydrogens is 244 g/mol. The first-order chi connectivity index (χ1) is 9.04. The van der Waals surface area contributed by atoms with E-state index in [-0.39, 0.29) is 12.1 Å². The molecular formula is C14H18N2O3. The Kier molecular flexibility index (Phi) is 3.74. The molecule has 2 amide bonds. The molecule has 0 spiro atoms. The fourth-order valence-electron chi connectivity index (χ4n) is 2.43.